The number of hydrogen-bond donors (Lipinski definition) is 2. The molecule has 136 valence electrons. The minimum Gasteiger partial charge on any atom is -0.385 e. The minimum atomic E-state index is -0.200. The molecule has 0 unspecified atom stereocenters. The van der Waals surface area contributed by atoms with Crippen LogP contribution in [0.4, 0.5) is 10.6 Å². The van der Waals surface area contributed by atoms with Gasteiger partial charge in [-0.15, -0.1) is 0 Å². The Hall–Kier alpha value is -1.60. The summed E-state index contributed by atoms with van der Waals surface area (Å²) in [6.45, 7) is 8.84. The van der Waals surface area contributed by atoms with E-state index in [0.29, 0.717) is 25.0 Å². The second kappa shape index (κ2) is 9.64. The highest BCUT2D eigenvalue weighted by Gasteiger charge is 2.21. The molecule has 2 atom stereocenters. The Labute approximate surface area is 144 Å². The maximum absolute atomic E-state index is 12.0. The summed E-state index contributed by atoms with van der Waals surface area (Å²) in [6.07, 6.45) is 5.32. The monoisotopic (exact) mass is 337 g/mol. The Morgan fingerprint density at radius 3 is 3.12 bits per heavy atom. The zero-order valence-electron chi connectivity index (χ0n) is 15.1. The number of ether oxygens (including phenoxy) is 1. The summed E-state index contributed by atoms with van der Waals surface area (Å²) < 4.78 is 6.83. The van der Waals surface area contributed by atoms with E-state index in [1.54, 1.807) is 7.11 Å². The highest BCUT2D eigenvalue weighted by atomic mass is 16.5. The van der Waals surface area contributed by atoms with Crippen LogP contribution in [0.5, 0.6) is 0 Å². The van der Waals surface area contributed by atoms with Crippen LogP contribution in [-0.2, 0) is 11.3 Å². The molecule has 1 aromatic rings. The van der Waals surface area contributed by atoms with Gasteiger partial charge in [-0.25, -0.2) is 4.79 Å². The SMILES string of the molecule is COCCCn1ccc(NC(=O)NC[C@H](C)N2CCC[C@H](C)C2)n1. The summed E-state index contributed by atoms with van der Waals surface area (Å²) in [5.74, 6) is 1.32. The van der Waals surface area contributed by atoms with Crippen molar-refractivity contribution in [2.45, 2.75) is 45.7 Å². The van der Waals surface area contributed by atoms with E-state index >= 15 is 0 Å². The van der Waals surface area contributed by atoms with Gasteiger partial charge in [0.25, 0.3) is 0 Å². The zero-order chi connectivity index (χ0) is 17.4. The van der Waals surface area contributed by atoms with Gasteiger partial charge in [0.05, 0.1) is 0 Å². The molecule has 2 heterocycles. The lowest BCUT2D eigenvalue weighted by atomic mass is 9.99. The summed E-state index contributed by atoms with van der Waals surface area (Å²) in [7, 11) is 1.69. The molecule has 0 saturated carbocycles. The molecule has 1 saturated heterocycles. The molecule has 7 nitrogen and oxygen atoms in total. The molecule has 2 N–H and O–H groups in total. The zero-order valence-corrected chi connectivity index (χ0v) is 15.1. The lowest BCUT2D eigenvalue weighted by Crippen LogP contribution is -2.47. The van der Waals surface area contributed by atoms with Crippen molar-refractivity contribution in [3.05, 3.63) is 12.3 Å². The average molecular weight is 337 g/mol. The first-order chi connectivity index (χ1) is 11.6. The van der Waals surface area contributed by atoms with Crippen molar-refractivity contribution in [1.82, 2.24) is 20.0 Å². The van der Waals surface area contributed by atoms with Gasteiger partial charge in [0.2, 0.25) is 0 Å². The van der Waals surface area contributed by atoms with Gasteiger partial charge in [0, 0.05) is 51.7 Å². The molecular formula is C17H31N5O2. The summed E-state index contributed by atoms with van der Waals surface area (Å²) in [6, 6.07) is 1.96. The Bertz CT molecular complexity index is 505. The van der Waals surface area contributed by atoms with Crippen molar-refractivity contribution >= 4 is 11.8 Å². The second-order valence-electron chi connectivity index (χ2n) is 6.74. The third-order valence-electron chi connectivity index (χ3n) is 4.49. The van der Waals surface area contributed by atoms with E-state index in [2.05, 4.69) is 34.5 Å². The summed E-state index contributed by atoms with van der Waals surface area (Å²) in [4.78, 5) is 14.5. The van der Waals surface area contributed by atoms with Crippen molar-refractivity contribution in [1.29, 1.82) is 0 Å². The van der Waals surface area contributed by atoms with Gasteiger partial charge in [0.1, 0.15) is 0 Å². The van der Waals surface area contributed by atoms with Crippen LogP contribution in [0.1, 0.15) is 33.1 Å². The number of hydrogen-bond acceptors (Lipinski definition) is 4. The predicted octanol–water partition coefficient (Wildman–Crippen LogP) is 2.16. The first-order valence-corrected chi connectivity index (χ1v) is 8.89. The molecule has 1 aliphatic heterocycles. The van der Waals surface area contributed by atoms with Crippen LogP contribution in [0.25, 0.3) is 0 Å². The molecule has 0 radical (unpaired) electrons. The van der Waals surface area contributed by atoms with Gasteiger partial charge in [-0.1, -0.05) is 6.92 Å². The maximum atomic E-state index is 12.0. The maximum Gasteiger partial charge on any atom is 0.320 e. The number of amides is 2. The molecule has 7 heteroatoms. The Morgan fingerprint density at radius 2 is 2.38 bits per heavy atom. The topological polar surface area (TPSA) is 71.4 Å². The molecule has 1 fully saturated rings. The molecule has 0 aliphatic carbocycles. The van der Waals surface area contributed by atoms with Gasteiger partial charge in [-0.05, 0) is 38.6 Å². The molecule has 1 aromatic heterocycles. The number of likely N-dealkylation sites (tertiary alicyclic amines) is 1. The molecular weight excluding hydrogens is 306 g/mol. The largest absolute Gasteiger partial charge is 0.385 e. The average Bonchev–Trinajstić information content (AvgIpc) is 3.00. The molecule has 2 amide bonds. The second-order valence-corrected chi connectivity index (χ2v) is 6.74. The lowest BCUT2D eigenvalue weighted by Gasteiger charge is -2.35. The summed E-state index contributed by atoms with van der Waals surface area (Å²) in [5.41, 5.74) is 0. The van der Waals surface area contributed by atoms with E-state index in [0.717, 1.165) is 32.0 Å². The van der Waals surface area contributed by atoms with E-state index in [1.807, 2.05) is 16.9 Å². The highest BCUT2D eigenvalue weighted by molar-refractivity contribution is 5.88. The Kier molecular flexibility index (Phi) is 7.52. The Balaban J connectivity index is 1.69. The molecule has 1 aliphatic rings. The fourth-order valence-electron chi connectivity index (χ4n) is 3.08. The third-order valence-corrected chi connectivity index (χ3v) is 4.49. The first-order valence-electron chi connectivity index (χ1n) is 8.89. The number of carbonyl (C=O) groups excluding carboxylic acids is 1. The quantitative estimate of drug-likeness (QED) is 0.713. The van der Waals surface area contributed by atoms with Gasteiger partial charge in [-0.3, -0.25) is 14.9 Å². The van der Waals surface area contributed by atoms with Crippen molar-refractivity contribution in [3.63, 3.8) is 0 Å². The molecule has 0 aromatic carbocycles. The number of nitrogens with one attached hydrogen (secondary N) is 2. The van der Waals surface area contributed by atoms with E-state index in [1.165, 1.54) is 12.8 Å². The van der Waals surface area contributed by atoms with Gasteiger partial charge in [-0.2, -0.15) is 5.10 Å². The van der Waals surface area contributed by atoms with Crippen LogP contribution in [-0.4, -0.2) is 60.1 Å². The van der Waals surface area contributed by atoms with E-state index in [9.17, 15) is 4.79 Å². The number of aromatic nitrogens is 2. The van der Waals surface area contributed by atoms with Crippen molar-refractivity contribution in [3.8, 4) is 0 Å². The van der Waals surface area contributed by atoms with E-state index in [-0.39, 0.29) is 6.03 Å². The van der Waals surface area contributed by atoms with Gasteiger partial charge < -0.3 is 10.1 Å². The number of urea groups is 1. The predicted molar refractivity (Wildman–Crippen MR) is 95.2 cm³/mol. The van der Waals surface area contributed by atoms with Crippen molar-refractivity contribution < 1.29 is 9.53 Å². The highest BCUT2D eigenvalue weighted by Crippen LogP contribution is 2.17. The first kappa shape index (κ1) is 18.7. The number of nitrogens with zero attached hydrogens (tertiary/aromatic N) is 3. The number of aryl methyl sites for hydroxylation is 1. The lowest BCUT2D eigenvalue weighted by molar-refractivity contribution is 0.138. The van der Waals surface area contributed by atoms with Crippen LogP contribution >= 0.6 is 0 Å². The minimum absolute atomic E-state index is 0.200. The number of rotatable bonds is 8. The Morgan fingerprint density at radius 1 is 1.54 bits per heavy atom. The van der Waals surface area contributed by atoms with Crippen LogP contribution in [0.2, 0.25) is 0 Å². The van der Waals surface area contributed by atoms with Crippen LogP contribution in [0.15, 0.2) is 12.3 Å². The number of carbonyl (C=O) groups is 1. The fraction of sp³-hybridized carbons (Fsp3) is 0.765. The van der Waals surface area contributed by atoms with Gasteiger partial charge >= 0.3 is 6.03 Å². The number of anilines is 1. The van der Waals surface area contributed by atoms with Gasteiger partial charge in [0.15, 0.2) is 5.82 Å². The van der Waals surface area contributed by atoms with Crippen LogP contribution < -0.4 is 10.6 Å². The van der Waals surface area contributed by atoms with Crippen LogP contribution in [0, 0.1) is 5.92 Å². The molecule has 0 bridgehead atoms. The molecule has 2 rings (SSSR count). The number of methoxy groups -OCH3 is 1. The smallest absolute Gasteiger partial charge is 0.320 e. The number of piperidine rings is 1. The summed E-state index contributed by atoms with van der Waals surface area (Å²) >= 11 is 0. The fourth-order valence-corrected chi connectivity index (χ4v) is 3.08. The molecule has 0 spiro atoms. The van der Waals surface area contributed by atoms with Crippen LogP contribution in [0.3, 0.4) is 0 Å². The van der Waals surface area contributed by atoms with E-state index < -0.39 is 0 Å². The summed E-state index contributed by atoms with van der Waals surface area (Å²) in [5, 5.41) is 10.1. The van der Waals surface area contributed by atoms with E-state index in [4.69, 9.17) is 4.74 Å². The van der Waals surface area contributed by atoms with Crippen molar-refractivity contribution in [2.75, 3.05) is 38.7 Å². The normalized spacial score (nSPS) is 19.9. The standard InChI is InChI=1S/C17H31N5O2/c1-14-6-4-8-21(13-14)15(2)12-18-17(23)19-16-7-10-22(20-16)9-5-11-24-3/h7,10,14-15H,4-6,8-9,11-13H2,1-3H3,(H2,18,19,20,23)/t14-,15-/m0/s1. The third kappa shape index (κ3) is 6.13. The molecule has 24 heavy (non-hydrogen) atoms. The van der Waals surface area contributed by atoms with Crippen molar-refractivity contribution in [2.24, 2.45) is 5.92 Å².